The fraction of sp³-hybridized carbons (Fsp3) is 0.654. The van der Waals surface area contributed by atoms with Gasteiger partial charge in [-0.25, -0.2) is 9.59 Å². The van der Waals surface area contributed by atoms with E-state index in [-0.39, 0.29) is 48.1 Å². The van der Waals surface area contributed by atoms with Gasteiger partial charge in [-0.3, -0.25) is 4.79 Å². The minimum absolute atomic E-state index is 0.0278. The Morgan fingerprint density at radius 1 is 1.17 bits per heavy atom. The standard InChI is InChI=1S/C26H40N2O6Si/c1-9-13-32-24(30)22-19(18-11-12-27(16-18)25(31)33-14-10-2)15-20-21(23(29)28(20)22)17(3)34-35(7,8)26(4,5)6/h9-10,17-18,20-21H,1-2,11-16H2,3-8H3/t17-,18?,20-,21-/m1/s1. The third-order valence-corrected chi connectivity index (χ3v) is 12.4. The molecule has 194 valence electrons. The van der Waals surface area contributed by atoms with Gasteiger partial charge in [0.05, 0.1) is 18.1 Å². The fourth-order valence-electron chi connectivity index (χ4n) is 4.99. The normalized spacial score (nSPS) is 25.2. The number of hydrogen-bond donors (Lipinski definition) is 0. The quantitative estimate of drug-likeness (QED) is 0.202. The Bertz CT molecular complexity index is 921. The summed E-state index contributed by atoms with van der Waals surface area (Å²) in [7, 11) is -2.07. The molecular weight excluding hydrogens is 464 g/mol. The lowest BCUT2D eigenvalue weighted by Crippen LogP contribution is -2.63. The van der Waals surface area contributed by atoms with Gasteiger partial charge >= 0.3 is 12.1 Å². The van der Waals surface area contributed by atoms with E-state index in [1.165, 1.54) is 12.2 Å². The number of esters is 1. The highest BCUT2D eigenvalue weighted by atomic mass is 28.4. The van der Waals surface area contributed by atoms with Gasteiger partial charge in [-0.2, -0.15) is 0 Å². The highest BCUT2D eigenvalue weighted by Gasteiger charge is 2.59. The van der Waals surface area contributed by atoms with Gasteiger partial charge in [-0.1, -0.05) is 46.1 Å². The topological polar surface area (TPSA) is 85.4 Å². The number of hydrogen-bond acceptors (Lipinski definition) is 6. The van der Waals surface area contributed by atoms with Gasteiger partial charge in [0.25, 0.3) is 0 Å². The summed E-state index contributed by atoms with van der Waals surface area (Å²) in [4.78, 5) is 42.0. The van der Waals surface area contributed by atoms with Crippen LogP contribution < -0.4 is 0 Å². The van der Waals surface area contributed by atoms with E-state index in [0.29, 0.717) is 31.6 Å². The Labute approximate surface area is 210 Å². The fourth-order valence-corrected chi connectivity index (χ4v) is 6.42. The first kappa shape index (κ1) is 27.2. The second-order valence-electron chi connectivity index (χ2n) is 11.1. The van der Waals surface area contributed by atoms with E-state index < -0.39 is 20.4 Å². The van der Waals surface area contributed by atoms with Crippen LogP contribution in [0.25, 0.3) is 0 Å². The first-order chi connectivity index (χ1) is 16.3. The number of ether oxygens (including phenoxy) is 2. The Morgan fingerprint density at radius 3 is 2.40 bits per heavy atom. The molecule has 0 saturated carbocycles. The molecule has 3 aliphatic rings. The van der Waals surface area contributed by atoms with Crippen LogP contribution in [-0.4, -0.2) is 74.5 Å². The van der Waals surface area contributed by atoms with Crippen molar-refractivity contribution in [2.75, 3.05) is 26.3 Å². The number of likely N-dealkylation sites (tertiary alicyclic amines) is 1. The zero-order valence-corrected chi connectivity index (χ0v) is 23.0. The summed E-state index contributed by atoms with van der Waals surface area (Å²) in [5.41, 5.74) is 1.22. The number of nitrogens with zero attached hydrogens (tertiary/aromatic N) is 2. The maximum atomic E-state index is 13.4. The highest BCUT2D eigenvalue weighted by Crippen LogP contribution is 2.49. The van der Waals surface area contributed by atoms with Crippen molar-refractivity contribution in [3.63, 3.8) is 0 Å². The minimum atomic E-state index is -2.07. The molecule has 0 aromatic carbocycles. The third kappa shape index (κ3) is 5.26. The first-order valence-electron chi connectivity index (χ1n) is 12.4. The lowest BCUT2D eigenvalue weighted by Gasteiger charge is -2.49. The van der Waals surface area contributed by atoms with Crippen LogP contribution in [0.2, 0.25) is 18.1 Å². The molecule has 0 aromatic heterocycles. The zero-order chi connectivity index (χ0) is 26.1. The number of rotatable bonds is 9. The number of carbonyl (C=O) groups is 3. The Kier molecular flexibility index (Phi) is 8.01. The van der Waals surface area contributed by atoms with Crippen LogP contribution in [0.5, 0.6) is 0 Å². The van der Waals surface area contributed by atoms with Crippen molar-refractivity contribution in [2.45, 2.75) is 70.8 Å². The van der Waals surface area contributed by atoms with Crippen LogP contribution in [0.15, 0.2) is 36.6 Å². The van der Waals surface area contributed by atoms with Gasteiger partial charge in [0.15, 0.2) is 8.32 Å². The zero-order valence-electron chi connectivity index (χ0n) is 22.0. The molecule has 3 aliphatic heterocycles. The van der Waals surface area contributed by atoms with E-state index in [1.54, 1.807) is 9.80 Å². The molecule has 9 heteroatoms. The Hall–Kier alpha value is -2.39. The van der Waals surface area contributed by atoms with Gasteiger partial charge in [-0.05, 0) is 43.5 Å². The summed E-state index contributed by atoms with van der Waals surface area (Å²) in [6.45, 7) is 21.2. The second-order valence-corrected chi connectivity index (χ2v) is 15.9. The van der Waals surface area contributed by atoms with E-state index in [2.05, 4.69) is 47.0 Å². The summed E-state index contributed by atoms with van der Waals surface area (Å²) in [5.74, 6) is -0.950. The molecule has 35 heavy (non-hydrogen) atoms. The van der Waals surface area contributed by atoms with Crippen LogP contribution in [0, 0.1) is 11.8 Å². The number of β-lactam (4-membered cyclic amide) rings is 1. The van der Waals surface area contributed by atoms with Crippen molar-refractivity contribution in [2.24, 2.45) is 11.8 Å². The third-order valence-electron chi connectivity index (χ3n) is 7.82. The molecule has 4 atom stereocenters. The molecule has 0 aromatic rings. The van der Waals surface area contributed by atoms with Crippen molar-refractivity contribution < 1.29 is 28.3 Å². The van der Waals surface area contributed by atoms with Crippen molar-refractivity contribution in [3.8, 4) is 0 Å². The molecular formula is C26H40N2O6Si. The van der Waals surface area contributed by atoms with E-state index >= 15 is 0 Å². The van der Waals surface area contributed by atoms with E-state index in [0.717, 1.165) is 5.57 Å². The molecule has 1 unspecified atom stereocenters. The lowest BCUT2D eigenvalue weighted by atomic mass is 9.82. The number of fused-ring (bicyclic) bond motifs is 1. The van der Waals surface area contributed by atoms with Crippen molar-refractivity contribution >= 4 is 26.3 Å². The maximum absolute atomic E-state index is 13.4. The Morgan fingerprint density at radius 2 is 1.80 bits per heavy atom. The molecule has 0 bridgehead atoms. The van der Waals surface area contributed by atoms with Crippen molar-refractivity contribution in [3.05, 3.63) is 36.6 Å². The lowest BCUT2D eigenvalue weighted by molar-refractivity contribution is -0.161. The van der Waals surface area contributed by atoms with Crippen molar-refractivity contribution in [1.29, 1.82) is 0 Å². The second kappa shape index (κ2) is 10.3. The van der Waals surface area contributed by atoms with Gasteiger partial charge in [0, 0.05) is 19.0 Å². The molecule has 2 fully saturated rings. The van der Waals surface area contributed by atoms with Crippen LogP contribution in [0.3, 0.4) is 0 Å². The predicted octanol–water partition coefficient (Wildman–Crippen LogP) is 4.26. The summed E-state index contributed by atoms with van der Waals surface area (Å²) < 4.78 is 17.1. The van der Waals surface area contributed by atoms with Crippen molar-refractivity contribution in [1.82, 2.24) is 9.80 Å². The molecule has 8 nitrogen and oxygen atoms in total. The average molecular weight is 505 g/mol. The van der Waals surface area contributed by atoms with Crippen LogP contribution in [-0.2, 0) is 23.5 Å². The molecule has 3 rings (SSSR count). The summed E-state index contributed by atoms with van der Waals surface area (Å²) in [6, 6.07) is -0.134. The molecule has 0 radical (unpaired) electrons. The van der Waals surface area contributed by atoms with Gasteiger partial charge in [-0.15, -0.1) is 0 Å². The van der Waals surface area contributed by atoms with Gasteiger partial charge in [0.1, 0.15) is 18.9 Å². The van der Waals surface area contributed by atoms with Gasteiger partial charge in [0.2, 0.25) is 5.91 Å². The monoisotopic (exact) mass is 504 g/mol. The Balaban J connectivity index is 1.80. The molecule has 0 N–H and O–H groups in total. The first-order valence-corrected chi connectivity index (χ1v) is 15.3. The maximum Gasteiger partial charge on any atom is 0.410 e. The summed E-state index contributed by atoms with van der Waals surface area (Å²) >= 11 is 0. The predicted molar refractivity (Wildman–Crippen MR) is 136 cm³/mol. The molecule has 2 amide bonds. The molecule has 0 aliphatic carbocycles. The van der Waals surface area contributed by atoms with E-state index in [1.807, 2.05) is 6.92 Å². The van der Waals surface area contributed by atoms with E-state index in [4.69, 9.17) is 13.9 Å². The molecule has 0 spiro atoms. The minimum Gasteiger partial charge on any atom is -0.457 e. The highest BCUT2D eigenvalue weighted by molar-refractivity contribution is 6.74. The van der Waals surface area contributed by atoms with Crippen LogP contribution >= 0.6 is 0 Å². The van der Waals surface area contributed by atoms with Gasteiger partial charge < -0.3 is 23.7 Å². The smallest absolute Gasteiger partial charge is 0.410 e. The largest absolute Gasteiger partial charge is 0.457 e. The molecule has 2 saturated heterocycles. The summed E-state index contributed by atoms with van der Waals surface area (Å²) in [5, 5.41) is 0.0278. The van der Waals surface area contributed by atoms with Crippen LogP contribution in [0.4, 0.5) is 4.79 Å². The summed E-state index contributed by atoms with van der Waals surface area (Å²) in [6.07, 6.45) is 3.68. The number of carbonyl (C=O) groups excluding carboxylic acids is 3. The SMILES string of the molecule is C=CCOC(=O)C1=C(C2CCN(C(=O)OCC=C)C2)C[C@@H]2[C@@H]([C@@H](C)O[Si](C)(C)C(C)(C)C)C(=O)N12. The van der Waals surface area contributed by atoms with E-state index in [9.17, 15) is 14.4 Å². The van der Waals surface area contributed by atoms with Crippen LogP contribution in [0.1, 0.15) is 40.5 Å². The number of amides is 2. The molecule has 3 heterocycles. The average Bonchev–Trinajstić information content (AvgIpc) is 3.37.